The molecule has 0 aromatic rings. The quantitative estimate of drug-likeness (QED) is 0.708. The van der Waals surface area contributed by atoms with Crippen molar-refractivity contribution in [3.8, 4) is 0 Å². The Kier molecular flexibility index (Phi) is 3.40. The predicted molar refractivity (Wildman–Crippen MR) is 64.1 cm³/mol. The molecular weight excluding hydrogens is 192 g/mol. The highest BCUT2D eigenvalue weighted by Crippen LogP contribution is 2.42. The molecule has 82 valence electrons. The highest BCUT2D eigenvalue weighted by atomic mass is 32.1. The van der Waals surface area contributed by atoms with Crippen LogP contribution in [-0.4, -0.2) is 55.3 Å². The second-order valence-corrected chi connectivity index (χ2v) is 5.41. The Morgan fingerprint density at radius 2 is 1.79 bits per heavy atom. The molecule has 0 atom stereocenters. The van der Waals surface area contributed by atoms with E-state index in [9.17, 15) is 0 Å². The number of rotatable bonds is 3. The molecule has 0 bridgehead atoms. The van der Waals surface area contributed by atoms with Gasteiger partial charge in [-0.05, 0) is 31.1 Å². The van der Waals surface area contributed by atoms with E-state index in [1.165, 1.54) is 52.0 Å². The first-order valence-corrected chi connectivity index (χ1v) is 6.39. The topological polar surface area (TPSA) is 6.48 Å². The van der Waals surface area contributed by atoms with Crippen molar-refractivity contribution in [2.75, 3.05) is 45.5 Å². The average molecular weight is 214 g/mol. The molecule has 0 N–H and O–H groups in total. The van der Waals surface area contributed by atoms with Crippen LogP contribution in [0.4, 0.5) is 0 Å². The van der Waals surface area contributed by atoms with Gasteiger partial charge in [-0.1, -0.05) is 6.42 Å². The highest BCUT2D eigenvalue weighted by molar-refractivity contribution is 7.80. The summed E-state index contributed by atoms with van der Waals surface area (Å²) >= 11 is 4.51. The van der Waals surface area contributed by atoms with E-state index in [0.717, 1.165) is 5.75 Å². The zero-order valence-electron chi connectivity index (χ0n) is 9.21. The van der Waals surface area contributed by atoms with E-state index in [1.54, 1.807) is 0 Å². The molecule has 1 aliphatic carbocycles. The number of hydrogen-bond donors (Lipinski definition) is 1. The third-order valence-corrected chi connectivity index (χ3v) is 4.58. The molecule has 0 unspecified atom stereocenters. The molecule has 0 radical (unpaired) electrons. The lowest BCUT2D eigenvalue weighted by Crippen LogP contribution is -2.51. The zero-order valence-corrected chi connectivity index (χ0v) is 10.1. The number of piperazine rings is 1. The molecule has 0 spiro atoms. The van der Waals surface area contributed by atoms with E-state index in [1.807, 2.05) is 0 Å². The first-order valence-electron chi connectivity index (χ1n) is 5.76. The van der Waals surface area contributed by atoms with Crippen LogP contribution in [0.3, 0.4) is 0 Å². The largest absolute Gasteiger partial charge is 0.304 e. The first-order chi connectivity index (χ1) is 6.74. The summed E-state index contributed by atoms with van der Waals surface area (Å²) in [5, 5.41) is 0. The van der Waals surface area contributed by atoms with Crippen molar-refractivity contribution < 1.29 is 0 Å². The molecule has 2 rings (SSSR count). The van der Waals surface area contributed by atoms with Crippen LogP contribution < -0.4 is 0 Å². The SMILES string of the molecule is CN1CCN(CC2(CS)CCC2)CC1. The minimum Gasteiger partial charge on any atom is -0.304 e. The standard InChI is InChI=1S/C11H22N2S/c1-12-5-7-13(8-6-12)9-11(10-14)3-2-4-11/h14H,2-10H2,1H3. The molecule has 3 heteroatoms. The zero-order chi connectivity index (χ0) is 10.0. The number of thiol groups is 1. The molecule has 1 aliphatic heterocycles. The second kappa shape index (κ2) is 4.42. The van der Waals surface area contributed by atoms with E-state index < -0.39 is 0 Å². The maximum Gasteiger partial charge on any atom is 0.0110 e. The summed E-state index contributed by atoms with van der Waals surface area (Å²) in [7, 11) is 2.22. The fourth-order valence-corrected chi connectivity index (χ4v) is 2.94. The van der Waals surface area contributed by atoms with Crippen molar-refractivity contribution in [1.82, 2.24) is 9.80 Å². The van der Waals surface area contributed by atoms with Crippen LogP contribution >= 0.6 is 12.6 Å². The van der Waals surface area contributed by atoms with Crippen molar-refractivity contribution >= 4 is 12.6 Å². The van der Waals surface area contributed by atoms with Crippen molar-refractivity contribution in [2.45, 2.75) is 19.3 Å². The molecule has 0 aromatic carbocycles. The van der Waals surface area contributed by atoms with Gasteiger partial charge in [0.2, 0.25) is 0 Å². The van der Waals surface area contributed by atoms with Crippen molar-refractivity contribution in [3.63, 3.8) is 0 Å². The summed E-state index contributed by atoms with van der Waals surface area (Å²) in [5.41, 5.74) is 0.582. The minimum atomic E-state index is 0.582. The van der Waals surface area contributed by atoms with Gasteiger partial charge in [-0.3, -0.25) is 0 Å². The maximum absolute atomic E-state index is 4.51. The third kappa shape index (κ3) is 2.26. The lowest BCUT2D eigenvalue weighted by Gasteiger charge is -2.46. The average Bonchev–Trinajstić information content (AvgIpc) is 2.15. The van der Waals surface area contributed by atoms with E-state index in [4.69, 9.17) is 0 Å². The summed E-state index contributed by atoms with van der Waals surface area (Å²) < 4.78 is 0. The summed E-state index contributed by atoms with van der Waals surface area (Å²) in [6.45, 7) is 6.29. The van der Waals surface area contributed by atoms with Gasteiger partial charge in [0, 0.05) is 32.7 Å². The van der Waals surface area contributed by atoms with Gasteiger partial charge in [0.1, 0.15) is 0 Å². The van der Waals surface area contributed by atoms with Crippen molar-refractivity contribution in [2.24, 2.45) is 5.41 Å². The number of hydrogen-bond acceptors (Lipinski definition) is 3. The molecule has 14 heavy (non-hydrogen) atoms. The minimum absolute atomic E-state index is 0.582. The molecular formula is C11H22N2S. The predicted octanol–water partition coefficient (Wildman–Crippen LogP) is 1.33. The molecule has 1 saturated carbocycles. The maximum atomic E-state index is 4.51. The van der Waals surface area contributed by atoms with Crippen LogP contribution in [0.15, 0.2) is 0 Å². The third-order valence-electron chi connectivity index (χ3n) is 3.90. The first kappa shape index (κ1) is 10.8. The Balaban J connectivity index is 1.79. The van der Waals surface area contributed by atoms with E-state index >= 15 is 0 Å². The van der Waals surface area contributed by atoms with Crippen LogP contribution in [0, 0.1) is 5.41 Å². The lowest BCUT2D eigenvalue weighted by molar-refractivity contribution is 0.0605. The molecule has 0 amide bonds. The Hall–Kier alpha value is 0.270. The fraction of sp³-hybridized carbons (Fsp3) is 1.00. The fourth-order valence-electron chi connectivity index (χ4n) is 2.52. The van der Waals surface area contributed by atoms with Crippen LogP contribution in [0.1, 0.15) is 19.3 Å². The summed E-state index contributed by atoms with van der Waals surface area (Å²) in [5.74, 6) is 1.08. The van der Waals surface area contributed by atoms with Gasteiger partial charge in [-0.2, -0.15) is 12.6 Å². The van der Waals surface area contributed by atoms with Gasteiger partial charge in [0.05, 0.1) is 0 Å². The van der Waals surface area contributed by atoms with Crippen molar-refractivity contribution in [1.29, 1.82) is 0 Å². The van der Waals surface area contributed by atoms with E-state index in [0.29, 0.717) is 5.41 Å². The van der Waals surface area contributed by atoms with Gasteiger partial charge in [0.15, 0.2) is 0 Å². The smallest absolute Gasteiger partial charge is 0.0110 e. The second-order valence-electron chi connectivity index (χ2n) is 5.09. The Bertz CT molecular complexity index is 178. The van der Waals surface area contributed by atoms with E-state index in [-0.39, 0.29) is 0 Å². The number of nitrogens with zero attached hydrogens (tertiary/aromatic N) is 2. The van der Waals surface area contributed by atoms with Crippen molar-refractivity contribution in [3.05, 3.63) is 0 Å². The summed E-state index contributed by atoms with van der Waals surface area (Å²) in [4.78, 5) is 5.06. The monoisotopic (exact) mass is 214 g/mol. The van der Waals surface area contributed by atoms with Crippen LogP contribution in [0.25, 0.3) is 0 Å². The van der Waals surface area contributed by atoms with Gasteiger partial charge in [0.25, 0.3) is 0 Å². The summed E-state index contributed by atoms with van der Waals surface area (Å²) in [6.07, 6.45) is 4.24. The molecule has 2 fully saturated rings. The van der Waals surface area contributed by atoms with Gasteiger partial charge < -0.3 is 9.80 Å². The van der Waals surface area contributed by atoms with Crippen LogP contribution in [-0.2, 0) is 0 Å². The van der Waals surface area contributed by atoms with Crippen LogP contribution in [0.5, 0.6) is 0 Å². The molecule has 1 saturated heterocycles. The Morgan fingerprint density at radius 1 is 1.14 bits per heavy atom. The van der Waals surface area contributed by atoms with Gasteiger partial charge in [-0.15, -0.1) is 0 Å². The van der Waals surface area contributed by atoms with Gasteiger partial charge in [-0.25, -0.2) is 0 Å². The van der Waals surface area contributed by atoms with E-state index in [2.05, 4.69) is 29.5 Å². The summed E-state index contributed by atoms with van der Waals surface area (Å²) in [6, 6.07) is 0. The Morgan fingerprint density at radius 3 is 2.21 bits per heavy atom. The van der Waals surface area contributed by atoms with Gasteiger partial charge >= 0.3 is 0 Å². The molecule has 2 aliphatic rings. The molecule has 2 nitrogen and oxygen atoms in total. The lowest BCUT2D eigenvalue weighted by atomic mass is 9.70. The number of likely N-dealkylation sites (N-methyl/N-ethyl adjacent to an activating group) is 1. The normalized spacial score (nSPS) is 28.7. The molecule has 1 heterocycles. The highest BCUT2D eigenvalue weighted by Gasteiger charge is 2.37. The van der Waals surface area contributed by atoms with Crippen LogP contribution in [0.2, 0.25) is 0 Å². The Labute approximate surface area is 93.1 Å². The molecule has 0 aromatic heterocycles.